The highest BCUT2D eigenvalue weighted by molar-refractivity contribution is 6.31. The maximum atomic E-state index is 12.6. The Morgan fingerprint density at radius 2 is 2.25 bits per heavy atom. The van der Waals surface area contributed by atoms with E-state index in [0.29, 0.717) is 23.7 Å². The summed E-state index contributed by atoms with van der Waals surface area (Å²) in [5.41, 5.74) is 3.21. The molecule has 2 heterocycles. The van der Waals surface area contributed by atoms with Gasteiger partial charge in [0.25, 0.3) is 5.91 Å². The van der Waals surface area contributed by atoms with Gasteiger partial charge in [-0.2, -0.15) is 5.10 Å². The number of H-pyrrole nitrogens is 1. The number of fused-ring (bicyclic) bond motifs is 1. The lowest BCUT2D eigenvalue weighted by Crippen LogP contribution is -2.42. The van der Waals surface area contributed by atoms with Crippen LogP contribution < -0.4 is 10.2 Å². The van der Waals surface area contributed by atoms with Crippen molar-refractivity contribution in [2.75, 3.05) is 11.4 Å². The van der Waals surface area contributed by atoms with Gasteiger partial charge in [0, 0.05) is 28.5 Å². The standard InChI is InChI=1S/C17H17ClN4O2/c18-10-3-1-4-11(9-10)22-8-7-14(17(22)24)19-16(23)15-12-5-2-6-13(12)20-21-15/h1,3-4,9,14H,2,5-8H2,(H,19,23)(H,20,21). The molecule has 1 aromatic carbocycles. The van der Waals surface area contributed by atoms with Crippen molar-refractivity contribution in [2.24, 2.45) is 0 Å². The summed E-state index contributed by atoms with van der Waals surface area (Å²) in [5.74, 6) is -0.390. The summed E-state index contributed by atoms with van der Waals surface area (Å²) in [6.07, 6.45) is 3.40. The maximum absolute atomic E-state index is 12.6. The van der Waals surface area contributed by atoms with Gasteiger partial charge in [0.2, 0.25) is 5.91 Å². The van der Waals surface area contributed by atoms with Gasteiger partial charge in [-0.1, -0.05) is 17.7 Å². The molecule has 1 aliphatic heterocycles. The van der Waals surface area contributed by atoms with E-state index < -0.39 is 6.04 Å². The lowest BCUT2D eigenvalue weighted by molar-refractivity contribution is -0.118. The zero-order chi connectivity index (χ0) is 16.7. The van der Waals surface area contributed by atoms with E-state index in [-0.39, 0.29) is 11.8 Å². The first-order valence-corrected chi connectivity index (χ1v) is 8.45. The van der Waals surface area contributed by atoms with Gasteiger partial charge in [0.15, 0.2) is 5.69 Å². The van der Waals surface area contributed by atoms with Crippen molar-refractivity contribution in [1.82, 2.24) is 15.5 Å². The summed E-state index contributed by atoms with van der Waals surface area (Å²) >= 11 is 5.99. The highest BCUT2D eigenvalue weighted by atomic mass is 35.5. The third-order valence-corrected chi connectivity index (χ3v) is 4.89. The van der Waals surface area contributed by atoms with Gasteiger partial charge in [0.05, 0.1) is 0 Å². The van der Waals surface area contributed by atoms with Crippen LogP contribution in [0.2, 0.25) is 5.02 Å². The molecule has 1 atom stereocenters. The normalized spacial score (nSPS) is 19.6. The summed E-state index contributed by atoms with van der Waals surface area (Å²) < 4.78 is 0. The topological polar surface area (TPSA) is 78.1 Å². The number of aromatic nitrogens is 2. The van der Waals surface area contributed by atoms with Crippen LogP contribution in [-0.4, -0.2) is 34.6 Å². The van der Waals surface area contributed by atoms with Crippen molar-refractivity contribution in [3.05, 3.63) is 46.2 Å². The summed E-state index contributed by atoms with van der Waals surface area (Å²) in [6, 6.07) is 6.65. The molecule has 1 unspecified atom stereocenters. The summed E-state index contributed by atoms with van der Waals surface area (Å²) in [6.45, 7) is 0.558. The molecule has 7 heteroatoms. The molecule has 6 nitrogen and oxygen atoms in total. The number of nitrogens with zero attached hydrogens (tertiary/aromatic N) is 2. The number of rotatable bonds is 3. The zero-order valence-electron chi connectivity index (χ0n) is 13.0. The average molecular weight is 345 g/mol. The molecular weight excluding hydrogens is 328 g/mol. The SMILES string of the molecule is O=C(NC1CCN(c2cccc(Cl)c2)C1=O)c1n[nH]c2c1CCC2. The Hall–Kier alpha value is -2.34. The minimum absolute atomic E-state index is 0.113. The van der Waals surface area contributed by atoms with E-state index in [1.165, 1.54) is 0 Å². The second-order valence-corrected chi connectivity index (χ2v) is 6.60. The van der Waals surface area contributed by atoms with Crippen molar-refractivity contribution >= 4 is 29.1 Å². The van der Waals surface area contributed by atoms with Gasteiger partial charge in [-0.05, 0) is 43.9 Å². The second-order valence-electron chi connectivity index (χ2n) is 6.17. The fraction of sp³-hybridized carbons (Fsp3) is 0.353. The number of anilines is 1. The Balaban J connectivity index is 1.48. The van der Waals surface area contributed by atoms with E-state index in [1.807, 2.05) is 12.1 Å². The smallest absolute Gasteiger partial charge is 0.272 e. The first-order valence-electron chi connectivity index (χ1n) is 8.07. The number of carbonyl (C=O) groups excluding carboxylic acids is 2. The molecule has 1 fully saturated rings. The lowest BCUT2D eigenvalue weighted by Gasteiger charge is -2.17. The Labute approximate surface area is 144 Å². The average Bonchev–Trinajstić information content (AvgIpc) is 3.24. The molecular formula is C17H17ClN4O2. The molecule has 1 aromatic heterocycles. The molecule has 0 bridgehead atoms. The number of aromatic amines is 1. The van der Waals surface area contributed by atoms with Crippen LogP contribution in [0, 0.1) is 0 Å². The Morgan fingerprint density at radius 3 is 3.08 bits per heavy atom. The second kappa shape index (κ2) is 5.94. The lowest BCUT2D eigenvalue weighted by atomic mass is 10.1. The molecule has 1 saturated heterocycles. The van der Waals surface area contributed by atoms with Crippen molar-refractivity contribution in [2.45, 2.75) is 31.7 Å². The number of hydrogen-bond donors (Lipinski definition) is 2. The van der Waals surface area contributed by atoms with Crippen LogP contribution in [0.3, 0.4) is 0 Å². The largest absolute Gasteiger partial charge is 0.339 e. The third-order valence-electron chi connectivity index (χ3n) is 4.65. The van der Waals surface area contributed by atoms with Gasteiger partial charge in [0.1, 0.15) is 6.04 Å². The number of benzene rings is 1. The van der Waals surface area contributed by atoms with Crippen LogP contribution >= 0.6 is 11.6 Å². The van der Waals surface area contributed by atoms with E-state index >= 15 is 0 Å². The van der Waals surface area contributed by atoms with Gasteiger partial charge in [-0.3, -0.25) is 14.7 Å². The highest BCUT2D eigenvalue weighted by Gasteiger charge is 2.35. The van der Waals surface area contributed by atoms with Crippen LogP contribution in [0.15, 0.2) is 24.3 Å². The van der Waals surface area contributed by atoms with Gasteiger partial charge in [-0.25, -0.2) is 0 Å². The maximum Gasteiger partial charge on any atom is 0.272 e. The molecule has 2 aromatic rings. The van der Waals surface area contributed by atoms with Crippen molar-refractivity contribution in [1.29, 1.82) is 0 Å². The fourth-order valence-corrected chi connectivity index (χ4v) is 3.63. The van der Waals surface area contributed by atoms with Gasteiger partial charge < -0.3 is 10.2 Å². The van der Waals surface area contributed by atoms with Crippen LogP contribution in [0.4, 0.5) is 5.69 Å². The Bertz CT molecular complexity index is 817. The molecule has 4 rings (SSSR count). The van der Waals surface area contributed by atoms with E-state index in [9.17, 15) is 9.59 Å². The highest BCUT2D eigenvalue weighted by Crippen LogP contribution is 2.26. The van der Waals surface area contributed by atoms with Gasteiger partial charge >= 0.3 is 0 Å². The summed E-state index contributed by atoms with van der Waals surface area (Å²) in [4.78, 5) is 26.7. The molecule has 1 aliphatic carbocycles. The van der Waals surface area contributed by atoms with E-state index in [4.69, 9.17) is 11.6 Å². The number of halogens is 1. The number of nitrogens with one attached hydrogen (secondary N) is 2. The predicted molar refractivity (Wildman–Crippen MR) is 90.3 cm³/mol. The summed E-state index contributed by atoms with van der Waals surface area (Å²) in [7, 11) is 0. The van der Waals surface area contributed by atoms with Crippen LogP contribution in [0.5, 0.6) is 0 Å². The molecule has 124 valence electrons. The Morgan fingerprint density at radius 1 is 1.38 bits per heavy atom. The Kier molecular flexibility index (Phi) is 3.76. The van der Waals surface area contributed by atoms with Crippen LogP contribution in [-0.2, 0) is 17.6 Å². The van der Waals surface area contributed by atoms with Crippen molar-refractivity contribution in [3.63, 3.8) is 0 Å². The first-order chi connectivity index (χ1) is 11.6. The summed E-state index contributed by atoms with van der Waals surface area (Å²) in [5, 5.41) is 10.5. The van der Waals surface area contributed by atoms with E-state index in [0.717, 1.165) is 36.2 Å². The van der Waals surface area contributed by atoms with Crippen LogP contribution in [0.25, 0.3) is 0 Å². The molecule has 0 spiro atoms. The van der Waals surface area contributed by atoms with Gasteiger partial charge in [-0.15, -0.1) is 0 Å². The molecule has 2 N–H and O–H groups in total. The predicted octanol–water partition coefficient (Wildman–Crippen LogP) is 2.09. The molecule has 2 amide bonds. The third kappa shape index (κ3) is 2.57. The zero-order valence-corrected chi connectivity index (χ0v) is 13.8. The molecule has 24 heavy (non-hydrogen) atoms. The number of carbonyl (C=O) groups is 2. The molecule has 0 saturated carbocycles. The monoisotopic (exact) mass is 344 g/mol. The fourth-order valence-electron chi connectivity index (χ4n) is 3.45. The van der Waals surface area contributed by atoms with Crippen molar-refractivity contribution < 1.29 is 9.59 Å². The molecule has 0 radical (unpaired) electrons. The number of hydrogen-bond acceptors (Lipinski definition) is 3. The first kappa shape index (κ1) is 15.2. The number of aryl methyl sites for hydroxylation is 1. The minimum Gasteiger partial charge on any atom is -0.339 e. The van der Waals surface area contributed by atoms with E-state index in [1.54, 1.807) is 17.0 Å². The van der Waals surface area contributed by atoms with Crippen molar-refractivity contribution in [3.8, 4) is 0 Å². The van der Waals surface area contributed by atoms with E-state index in [2.05, 4.69) is 15.5 Å². The minimum atomic E-state index is -0.523. The number of amides is 2. The quantitative estimate of drug-likeness (QED) is 0.895. The van der Waals surface area contributed by atoms with Crippen LogP contribution in [0.1, 0.15) is 34.6 Å². The molecule has 2 aliphatic rings.